The van der Waals surface area contributed by atoms with Crippen molar-refractivity contribution in [3.8, 4) is 0 Å². The van der Waals surface area contributed by atoms with E-state index in [4.69, 9.17) is 5.73 Å². The van der Waals surface area contributed by atoms with Crippen molar-refractivity contribution in [1.82, 2.24) is 0 Å². The van der Waals surface area contributed by atoms with Gasteiger partial charge < -0.3 is 10.6 Å². The number of rotatable bonds is 1. The Balaban J connectivity index is 1.85. The van der Waals surface area contributed by atoms with Crippen molar-refractivity contribution in [1.29, 1.82) is 0 Å². The molecular formula is C22H16N2S. The maximum atomic E-state index is 5.91. The molecule has 120 valence electrons. The molecule has 5 rings (SSSR count). The Kier molecular flexibility index (Phi) is 3.22. The first-order chi connectivity index (χ1) is 12.3. The number of nitrogens with zero attached hydrogens (tertiary/aromatic N) is 1. The highest BCUT2D eigenvalue weighted by Crippen LogP contribution is 2.53. The van der Waals surface area contributed by atoms with Gasteiger partial charge in [0.15, 0.2) is 0 Å². The Morgan fingerprint density at radius 2 is 1.44 bits per heavy atom. The molecule has 3 heteroatoms. The van der Waals surface area contributed by atoms with Crippen molar-refractivity contribution in [2.24, 2.45) is 0 Å². The summed E-state index contributed by atoms with van der Waals surface area (Å²) < 4.78 is 0. The summed E-state index contributed by atoms with van der Waals surface area (Å²) in [5.74, 6) is 0. The average molecular weight is 340 g/mol. The number of hydrogen-bond donors (Lipinski definition) is 1. The molecule has 0 spiro atoms. The van der Waals surface area contributed by atoms with E-state index in [1.54, 1.807) is 0 Å². The second kappa shape index (κ2) is 5.57. The molecule has 1 aliphatic heterocycles. The van der Waals surface area contributed by atoms with Crippen LogP contribution in [-0.2, 0) is 0 Å². The molecule has 0 unspecified atom stereocenters. The van der Waals surface area contributed by atoms with Crippen LogP contribution >= 0.6 is 11.8 Å². The van der Waals surface area contributed by atoms with Gasteiger partial charge in [-0.2, -0.15) is 0 Å². The van der Waals surface area contributed by atoms with Crippen LogP contribution in [0.4, 0.5) is 22.7 Å². The molecule has 4 aromatic rings. The Morgan fingerprint density at radius 3 is 2.32 bits per heavy atom. The normalized spacial score (nSPS) is 12.7. The third-order valence-electron chi connectivity index (χ3n) is 4.56. The van der Waals surface area contributed by atoms with Crippen LogP contribution in [0.15, 0.2) is 94.7 Å². The highest BCUT2D eigenvalue weighted by Gasteiger charge is 2.26. The summed E-state index contributed by atoms with van der Waals surface area (Å²) in [6.45, 7) is 0. The lowest BCUT2D eigenvalue weighted by atomic mass is 10.1. The van der Waals surface area contributed by atoms with Crippen LogP contribution in [0.25, 0.3) is 10.8 Å². The highest BCUT2D eigenvalue weighted by molar-refractivity contribution is 7.99. The van der Waals surface area contributed by atoms with E-state index in [2.05, 4.69) is 77.7 Å². The zero-order valence-electron chi connectivity index (χ0n) is 13.5. The van der Waals surface area contributed by atoms with Crippen LogP contribution in [0.1, 0.15) is 0 Å². The fourth-order valence-corrected chi connectivity index (χ4v) is 4.49. The summed E-state index contributed by atoms with van der Waals surface area (Å²) in [5, 5.41) is 2.51. The molecule has 1 heterocycles. The fourth-order valence-electron chi connectivity index (χ4n) is 3.41. The first-order valence-corrected chi connectivity index (χ1v) is 9.07. The van der Waals surface area contributed by atoms with Crippen LogP contribution < -0.4 is 10.6 Å². The zero-order chi connectivity index (χ0) is 16.8. The number of benzene rings is 4. The summed E-state index contributed by atoms with van der Waals surface area (Å²) in [5.41, 5.74) is 10.3. The molecule has 0 aromatic heterocycles. The van der Waals surface area contributed by atoms with Gasteiger partial charge in [-0.1, -0.05) is 54.2 Å². The molecule has 0 fully saturated rings. The van der Waals surface area contributed by atoms with Gasteiger partial charge in [0.1, 0.15) is 0 Å². The van der Waals surface area contributed by atoms with E-state index in [1.807, 2.05) is 23.9 Å². The maximum absolute atomic E-state index is 5.91. The number of anilines is 4. The molecular weight excluding hydrogens is 324 g/mol. The van der Waals surface area contributed by atoms with Gasteiger partial charge in [-0.3, -0.25) is 0 Å². The third-order valence-corrected chi connectivity index (χ3v) is 5.68. The maximum Gasteiger partial charge on any atom is 0.0679 e. The van der Waals surface area contributed by atoms with E-state index in [0.717, 1.165) is 11.4 Å². The Labute approximate surface area is 150 Å². The molecule has 1 aliphatic rings. The first-order valence-electron chi connectivity index (χ1n) is 8.25. The molecule has 4 aromatic carbocycles. The highest BCUT2D eigenvalue weighted by atomic mass is 32.2. The second-order valence-electron chi connectivity index (χ2n) is 6.13. The Bertz CT molecular complexity index is 1090. The summed E-state index contributed by atoms with van der Waals surface area (Å²) in [6.07, 6.45) is 0. The molecule has 2 nitrogen and oxygen atoms in total. The fraction of sp³-hybridized carbons (Fsp3) is 0. The van der Waals surface area contributed by atoms with Gasteiger partial charge >= 0.3 is 0 Å². The smallest absolute Gasteiger partial charge is 0.0679 e. The summed E-state index contributed by atoms with van der Waals surface area (Å²) in [7, 11) is 0. The predicted molar refractivity (Wildman–Crippen MR) is 107 cm³/mol. The summed E-state index contributed by atoms with van der Waals surface area (Å²) in [6, 6.07) is 29.7. The van der Waals surface area contributed by atoms with Crippen molar-refractivity contribution in [3.05, 3.63) is 84.9 Å². The molecule has 0 amide bonds. The van der Waals surface area contributed by atoms with Gasteiger partial charge in [0.2, 0.25) is 0 Å². The van der Waals surface area contributed by atoms with E-state index in [0.29, 0.717) is 0 Å². The largest absolute Gasteiger partial charge is 0.399 e. The van der Waals surface area contributed by atoms with Crippen LogP contribution in [0.5, 0.6) is 0 Å². The van der Waals surface area contributed by atoms with Gasteiger partial charge in [0.25, 0.3) is 0 Å². The quantitative estimate of drug-likeness (QED) is 0.360. The monoisotopic (exact) mass is 340 g/mol. The van der Waals surface area contributed by atoms with Crippen molar-refractivity contribution in [2.45, 2.75) is 9.79 Å². The minimum atomic E-state index is 0.779. The molecule has 0 saturated heterocycles. The number of nitrogens with two attached hydrogens (primary N) is 1. The number of para-hydroxylation sites is 1. The van der Waals surface area contributed by atoms with Crippen LogP contribution in [0.2, 0.25) is 0 Å². The zero-order valence-corrected chi connectivity index (χ0v) is 14.3. The van der Waals surface area contributed by atoms with Crippen LogP contribution in [0, 0.1) is 0 Å². The second-order valence-corrected chi connectivity index (χ2v) is 7.21. The molecule has 0 saturated carbocycles. The van der Waals surface area contributed by atoms with Crippen molar-refractivity contribution in [3.63, 3.8) is 0 Å². The summed E-state index contributed by atoms with van der Waals surface area (Å²) >= 11 is 1.83. The minimum Gasteiger partial charge on any atom is -0.399 e. The number of hydrogen-bond acceptors (Lipinski definition) is 3. The lowest BCUT2D eigenvalue weighted by Gasteiger charge is -2.34. The van der Waals surface area contributed by atoms with E-state index in [9.17, 15) is 0 Å². The lowest BCUT2D eigenvalue weighted by Crippen LogP contribution is -2.15. The standard InChI is InChI=1S/C22H16N2S/c23-16-10-12-17(13-11-16)24-19-7-3-4-8-20(19)25-21-14-9-15-5-1-2-6-18(15)22(21)24/h1-14H,23H2. The lowest BCUT2D eigenvalue weighted by molar-refractivity contribution is 1.18. The first kappa shape index (κ1) is 14.4. The van der Waals surface area contributed by atoms with Crippen LogP contribution in [0.3, 0.4) is 0 Å². The van der Waals surface area contributed by atoms with Gasteiger partial charge in [-0.15, -0.1) is 0 Å². The minimum absolute atomic E-state index is 0.779. The Hall–Kier alpha value is -2.91. The van der Waals surface area contributed by atoms with Gasteiger partial charge in [-0.05, 0) is 47.9 Å². The van der Waals surface area contributed by atoms with E-state index in [-0.39, 0.29) is 0 Å². The van der Waals surface area contributed by atoms with Crippen LogP contribution in [-0.4, -0.2) is 0 Å². The topological polar surface area (TPSA) is 29.3 Å². The van der Waals surface area contributed by atoms with Crippen molar-refractivity contribution in [2.75, 3.05) is 10.6 Å². The van der Waals surface area contributed by atoms with Crippen molar-refractivity contribution < 1.29 is 0 Å². The van der Waals surface area contributed by atoms with Gasteiger partial charge in [-0.25, -0.2) is 0 Å². The molecule has 0 bridgehead atoms. The molecule has 0 aliphatic carbocycles. The predicted octanol–water partition coefficient (Wildman–Crippen LogP) is 6.36. The average Bonchev–Trinajstić information content (AvgIpc) is 2.67. The van der Waals surface area contributed by atoms with Crippen molar-refractivity contribution >= 4 is 45.3 Å². The third kappa shape index (κ3) is 2.28. The van der Waals surface area contributed by atoms with E-state index in [1.165, 1.54) is 31.9 Å². The van der Waals surface area contributed by atoms with Gasteiger partial charge in [0.05, 0.1) is 11.4 Å². The number of fused-ring (bicyclic) bond motifs is 4. The molecule has 25 heavy (non-hydrogen) atoms. The SMILES string of the molecule is Nc1ccc(N2c3ccccc3Sc3ccc4ccccc4c32)cc1. The number of nitrogen functional groups attached to an aromatic ring is 1. The molecule has 2 N–H and O–H groups in total. The van der Waals surface area contributed by atoms with E-state index < -0.39 is 0 Å². The summed E-state index contributed by atoms with van der Waals surface area (Å²) in [4.78, 5) is 4.89. The Morgan fingerprint density at radius 1 is 0.680 bits per heavy atom. The molecule has 0 atom stereocenters. The molecule has 0 radical (unpaired) electrons. The van der Waals surface area contributed by atoms with Gasteiger partial charge in [0, 0.05) is 26.6 Å². The van der Waals surface area contributed by atoms with E-state index >= 15 is 0 Å².